The van der Waals surface area contributed by atoms with Crippen LogP contribution >= 0.6 is 11.6 Å². The molecule has 6 nitrogen and oxygen atoms in total. The Morgan fingerprint density at radius 2 is 1.96 bits per heavy atom. The summed E-state index contributed by atoms with van der Waals surface area (Å²) in [5.41, 5.74) is 2.54. The van der Waals surface area contributed by atoms with E-state index in [0.29, 0.717) is 24.4 Å². The maximum Gasteiger partial charge on any atom is 0.407 e. The molecule has 0 fully saturated rings. The van der Waals surface area contributed by atoms with E-state index in [1.165, 1.54) is 4.90 Å². The van der Waals surface area contributed by atoms with Gasteiger partial charge in [0.1, 0.15) is 11.9 Å². The number of hydrogen-bond donors (Lipinski definition) is 1. The van der Waals surface area contributed by atoms with Gasteiger partial charge in [0.15, 0.2) is 0 Å². The lowest BCUT2D eigenvalue weighted by atomic mass is 10.1. The van der Waals surface area contributed by atoms with E-state index in [1.54, 1.807) is 19.3 Å². The Kier molecular flexibility index (Phi) is 6.45. The molecule has 0 aliphatic heterocycles. The molecule has 0 aliphatic carbocycles. The van der Waals surface area contributed by atoms with E-state index in [4.69, 9.17) is 21.4 Å². The van der Waals surface area contributed by atoms with E-state index in [9.17, 15) is 4.79 Å². The van der Waals surface area contributed by atoms with Crippen LogP contribution in [0.2, 0.25) is 5.28 Å². The number of amides is 1. The number of nitrogens with zero attached hydrogens (tertiary/aromatic N) is 3. The summed E-state index contributed by atoms with van der Waals surface area (Å²) < 4.78 is 6.23. The lowest BCUT2D eigenvalue weighted by Gasteiger charge is -2.22. The predicted molar refractivity (Wildman–Crippen MR) is 108 cm³/mol. The van der Waals surface area contributed by atoms with Crippen LogP contribution in [0.1, 0.15) is 18.1 Å². The van der Waals surface area contributed by atoms with Crippen molar-refractivity contribution in [1.29, 1.82) is 0 Å². The van der Waals surface area contributed by atoms with E-state index >= 15 is 0 Å². The second-order valence-electron chi connectivity index (χ2n) is 6.25. The zero-order chi connectivity index (χ0) is 19.9. The van der Waals surface area contributed by atoms with Crippen LogP contribution in [0.15, 0.2) is 66.9 Å². The molecule has 3 rings (SSSR count). The zero-order valence-electron chi connectivity index (χ0n) is 15.3. The molecule has 1 unspecified atom stereocenters. The van der Waals surface area contributed by atoms with Gasteiger partial charge < -0.3 is 14.7 Å². The summed E-state index contributed by atoms with van der Waals surface area (Å²) in [4.78, 5) is 20.5. The minimum atomic E-state index is -0.963. The van der Waals surface area contributed by atoms with Crippen molar-refractivity contribution in [3.63, 3.8) is 0 Å². The van der Waals surface area contributed by atoms with Crippen LogP contribution in [-0.2, 0) is 0 Å². The highest BCUT2D eigenvalue weighted by Gasteiger charge is 2.16. The molecule has 2 aromatic carbocycles. The smallest absolute Gasteiger partial charge is 0.407 e. The summed E-state index contributed by atoms with van der Waals surface area (Å²) in [6.07, 6.45) is 0.880. The highest BCUT2D eigenvalue weighted by molar-refractivity contribution is 6.28. The standard InChI is InChI=1S/C21H20ClN3O3/c1-25(21(26)27)13-11-19(15-6-3-2-4-7-15)28-17-9-5-8-16(14-17)18-10-12-23-20(22)24-18/h2-10,12,14,19H,11,13H2,1H3,(H,26,27). The normalized spacial score (nSPS) is 11.6. The average molecular weight is 398 g/mol. The fraction of sp³-hybridized carbons (Fsp3) is 0.190. The molecule has 0 saturated carbocycles. The molecule has 1 atom stereocenters. The molecule has 1 aromatic heterocycles. The third-order valence-electron chi connectivity index (χ3n) is 4.26. The molecule has 3 aromatic rings. The minimum absolute atomic E-state index is 0.183. The minimum Gasteiger partial charge on any atom is -0.486 e. The topological polar surface area (TPSA) is 75.5 Å². The van der Waals surface area contributed by atoms with Crippen LogP contribution < -0.4 is 4.74 Å². The first-order valence-corrected chi connectivity index (χ1v) is 9.15. The highest BCUT2D eigenvalue weighted by atomic mass is 35.5. The van der Waals surface area contributed by atoms with Crippen LogP contribution in [0.25, 0.3) is 11.3 Å². The van der Waals surface area contributed by atoms with Crippen LogP contribution in [0.4, 0.5) is 4.79 Å². The van der Waals surface area contributed by atoms with Crippen molar-refractivity contribution in [3.05, 3.63) is 77.7 Å². The van der Waals surface area contributed by atoms with Crippen molar-refractivity contribution in [2.75, 3.05) is 13.6 Å². The molecule has 0 radical (unpaired) electrons. The number of hydrogen-bond acceptors (Lipinski definition) is 4. The molecule has 0 aliphatic rings. The molecule has 0 saturated heterocycles. The maximum absolute atomic E-state index is 11.1. The summed E-state index contributed by atoms with van der Waals surface area (Å²) in [6, 6.07) is 19.1. The van der Waals surface area contributed by atoms with Crippen LogP contribution in [0.5, 0.6) is 5.75 Å². The van der Waals surface area contributed by atoms with E-state index < -0.39 is 6.09 Å². The molecule has 0 spiro atoms. The van der Waals surface area contributed by atoms with Gasteiger partial charge in [-0.1, -0.05) is 42.5 Å². The Hall–Kier alpha value is -3.12. The summed E-state index contributed by atoms with van der Waals surface area (Å²) in [6.45, 7) is 0.357. The molecule has 1 N–H and O–H groups in total. The number of aromatic nitrogens is 2. The third kappa shape index (κ3) is 5.20. The number of benzene rings is 2. The monoisotopic (exact) mass is 397 g/mol. The number of rotatable bonds is 7. The van der Waals surface area contributed by atoms with E-state index in [1.807, 2.05) is 54.6 Å². The summed E-state index contributed by atoms with van der Waals surface area (Å²) in [5.74, 6) is 0.666. The van der Waals surface area contributed by atoms with Crippen molar-refractivity contribution in [1.82, 2.24) is 14.9 Å². The van der Waals surface area contributed by atoms with Gasteiger partial charge in [-0.05, 0) is 35.4 Å². The first-order chi connectivity index (χ1) is 13.5. The van der Waals surface area contributed by atoms with Gasteiger partial charge in [-0.15, -0.1) is 0 Å². The molecule has 7 heteroatoms. The van der Waals surface area contributed by atoms with Crippen molar-refractivity contribution < 1.29 is 14.6 Å². The zero-order valence-corrected chi connectivity index (χ0v) is 16.1. The van der Waals surface area contributed by atoms with Gasteiger partial charge >= 0.3 is 6.09 Å². The average Bonchev–Trinajstić information content (AvgIpc) is 2.71. The molecule has 28 heavy (non-hydrogen) atoms. The molecular formula is C21H20ClN3O3. The Labute approximate surface area is 168 Å². The fourth-order valence-corrected chi connectivity index (χ4v) is 2.90. The largest absolute Gasteiger partial charge is 0.486 e. The predicted octanol–water partition coefficient (Wildman–Crippen LogP) is 4.92. The third-order valence-corrected chi connectivity index (χ3v) is 4.44. The molecular weight excluding hydrogens is 378 g/mol. The Bertz CT molecular complexity index is 937. The second kappa shape index (κ2) is 9.19. The van der Waals surface area contributed by atoms with Crippen molar-refractivity contribution in [2.24, 2.45) is 0 Å². The number of carboxylic acid groups (broad SMARTS) is 1. The van der Waals surface area contributed by atoms with Gasteiger partial charge in [-0.2, -0.15) is 0 Å². The van der Waals surface area contributed by atoms with Gasteiger partial charge in [0.2, 0.25) is 5.28 Å². The van der Waals surface area contributed by atoms with Crippen molar-refractivity contribution in [3.8, 4) is 17.0 Å². The molecule has 0 bridgehead atoms. The second-order valence-corrected chi connectivity index (χ2v) is 6.59. The lowest BCUT2D eigenvalue weighted by molar-refractivity contribution is 0.140. The van der Waals surface area contributed by atoms with E-state index in [0.717, 1.165) is 11.1 Å². The van der Waals surface area contributed by atoms with E-state index in [-0.39, 0.29) is 11.4 Å². The Morgan fingerprint density at radius 1 is 1.18 bits per heavy atom. The van der Waals surface area contributed by atoms with Gasteiger partial charge in [0, 0.05) is 31.8 Å². The van der Waals surface area contributed by atoms with Crippen molar-refractivity contribution in [2.45, 2.75) is 12.5 Å². The highest BCUT2D eigenvalue weighted by Crippen LogP contribution is 2.28. The van der Waals surface area contributed by atoms with Gasteiger partial charge in [0.05, 0.1) is 5.69 Å². The number of ether oxygens (including phenoxy) is 1. The lowest BCUT2D eigenvalue weighted by Crippen LogP contribution is -2.27. The van der Waals surface area contributed by atoms with Gasteiger partial charge in [-0.3, -0.25) is 0 Å². The summed E-state index contributed by atoms with van der Waals surface area (Å²) in [5, 5.41) is 9.29. The quantitative estimate of drug-likeness (QED) is 0.573. The Morgan fingerprint density at radius 3 is 2.68 bits per heavy atom. The fourth-order valence-electron chi connectivity index (χ4n) is 2.76. The molecule has 1 heterocycles. The summed E-state index contributed by atoms with van der Waals surface area (Å²) in [7, 11) is 1.55. The van der Waals surface area contributed by atoms with Gasteiger partial charge in [-0.25, -0.2) is 14.8 Å². The first kappa shape index (κ1) is 19.6. The summed E-state index contributed by atoms with van der Waals surface area (Å²) >= 11 is 5.89. The number of carbonyl (C=O) groups is 1. The molecule has 1 amide bonds. The Balaban J connectivity index is 1.82. The van der Waals surface area contributed by atoms with Crippen molar-refractivity contribution >= 4 is 17.7 Å². The van der Waals surface area contributed by atoms with E-state index in [2.05, 4.69) is 9.97 Å². The number of halogens is 1. The SMILES string of the molecule is CN(CCC(Oc1cccc(-c2ccnc(Cl)n2)c1)c1ccccc1)C(=O)O. The van der Waals surface area contributed by atoms with Crippen LogP contribution in [-0.4, -0.2) is 39.7 Å². The van der Waals surface area contributed by atoms with Gasteiger partial charge in [0.25, 0.3) is 0 Å². The van der Waals surface area contributed by atoms with Crippen LogP contribution in [0, 0.1) is 0 Å². The first-order valence-electron chi connectivity index (χ1n) is 8.77. The maximum atomic E-state index is 11.1. The molecule has 144 valence electrons. The van der Waals surface area contributed by atoms with Crippen LogP contribution in [0.3, 0.4) is 0 Å².